The summed E-state index contributed by atoms with van der Waals surface area (Å²) in [5.41, 5.74) is 3.80. The van der Waals surface area contributed by atoms with E-state index in [0.29, 0.717) is 53.1 Å². The Kier molecular flexibility index (Phi) is 7.81. The van der Waals surface area contributed by atoms with Gasteiger partial charge in [0.2, 0.25) is 0 Å². The highest BCUT2D eigenvalue weighted by Gasteiger charge is 2.32. The van der Waals surface area contributed by atoms with E-state index in [9.17, 15) is 9.90 Å². The van der Waals surface area contributed by atoms with Crippen LogP contribution < -0.4 is 0 Å². The highest BCUT2D eigenvalue weighted by molar-refractivity contribution is 6.38. The molecule has 0 radical (unpaired) electrons. The minimum absolute atomic E-state index is 0.0567. The van der Waals surface area contributed by atoms with Gasteiger partial charge in [-0.15, -0.1) is 5.10 Å². The maximum absolute atomic E-state index is 13.2. The molecule has 5 aromatic rings. The second kappa shape index (κ2) is 11.7. The largest absolute Gasteiger partial charge is 0.443 e. The fourth-order valence-corrected chi connectivity index (χ4v) is 5.70. The molecule has 1 amide bonds. The van der Waals surface area contributed by atoms with Gasteiger partial charge in [-0.3, -0.25) is 4.79 Å². The number of halogens is 3. The molecule has 10 nitrogen and oxygen atoms in total. The van der Waals surface area contributed by atoms with Crippen LogP contribution in [0.3, 0.4) is 0 Å². The van der Waals surface area contributed by atoms with E-state index in [1.165, 1.54) is 6.39 Å². The lowest BCUT2D eigenvalue weighted by molar-refractivity contribution is 0.0777. The van der Waals surface area contributed by atoms with Gasteiger partial charge >= 0.3 is 0 Å². The Morgan fingerprint density at radius 2 is 1.93 bits per heavy atom. The smallest absolute Gasteiger partial charge is 0.277 e. The Morgan fingerprint density at radius 1 is 1.10 bits per heavy atom. The van der Waals surface area contributed by atoms with Crippen LogP contribution >= 0.6 is 34.8 Å². The van der Waals surface area contributed by atoms with Crippen LogP contribution in [0.15, 0.2) is 64.0 Å². The molecule has 1 fully saturated rings. The zero-order valence-electron chi connectivity index (χ0n) is 21.5. The van der Waals surface area contributed by atoms with Crippen LogP contribution in [0.1, 0.15) is 33.9 Å². The molecule has 0 bridgehead atoms. The van der Waals surface area contributed by atoms with E-state index in [-0.39, 0.29) is 34.9 Å². The van der Waals surface area contributed by atoms with Crippen LogP contribution in [-0.2, 0) is 19.6 Å². The summed E-state index contributed by atoms with van der Waals surface area (Å²) in [5.74, 6) is 0.720. The van der Waals surface area contributed by atoms with Crippen molar-refractivity contribution in [1.82, 2.24) is 30.0 Å². The summed E-state index contributed by atoms with van der Waals surface area (Å²) in [5, 5.41) is 22.9. The van der Waals surface area contributed by atoms with Crippen LogP contribution in [0.4, 0.5) is 0 Å². The number of carbonyl (C=O) groups excluding carboxylic acids is 1. The van der Waals surface area contributed by atoms with E-state index < -0.39 is 0 Å². The summed E-state index contributed by atoms with van der Waals surface area (Å²) in [6, 6.07) is 12.7. The number of aliphatic hydroxyl groups excluding tert-OH is 1. The van der Waals surface area contributed by atoms with Gasteiger partial charge < -0.3 is 18.9 Å². The first-order chi connectivity index (χ1) is 19.9. The summed E-state index contributed by atoms with van der Waals surface area (Å²) in [7, 11) is 0. The molecule has 0 saturated carbocycles. The third-order valence-corrected chi connectivity index (χ3v) is 7.92. The Labute approximate surface area is 249 Å². The first kappa shape index (κ1) is 27.5. The van der Waals surface area contributed by atoms with Gasteiger partial charge in [0.05, 0.1) is 23.9 Å². The maximum Gasteiger partial charge on any atom is 0.277 e. The number of oxazole rings is 1. The van der Waals surface area contributed by atoms with Gasteiger partial charge in [0.1, 0.15) is 10.7 Å². The van der Waals surface area contributed by atoms with Crippen LogP contribution in [0.25, 0.3) is 22.6 Å². The van der Waals surface area contributed by atoms with Crippen molar-refractivity contribution in [1.29, 1.82) is 0 Å². The molecule has 1 aliphatic rings. The van der Waals surface area contributed by atoms with Gasteiger partial charge in [0, 0.05) is 35.4 Å². The van der Waals surface area contributed by atoms with Crippen molar-refractivity contribution in [2.24, 2.45) is 5.92 Å². The number of likely N-dealkylation sites (tertiary alicyclic amines) is 1. The number of rotatable bonds is 8. The van der Waals surface area contributed by atoms with Crippen molar-refractivity contribution in [2.45, 2.75) is 26.0 Å². The van der Waals surface area contributed by atoms with Gasteiger partial charge in [-0.05, 0) is 42.5 Å². The first-order valence-corrected chi connectivity index (χ1v) is 13.9. The molecular formula is C28H23Cl3N6O4. The number of nitrogens with zero attached hydrogens (tertiary/aromatic N) is 6. The monoisotopic (exact) mass is 612 g/mol. The van der Waals surface area contributed by atoms with Crippen LogP contribution in [0.2, 0.25) is 15.1 Å². The van der Waals surface area contributed by atoms with Crippen LogP contribution in [0, 0.1) is 5.92 Å². The number of amides is 1. The Morgan fingerprint density at radius 3 is 2.71 bits per heavy atom. The van der Waals surface area contributed by atoms with Crippen molar-refractivity contribution in [2.75, 3.05) is 13.1 Å². The van der Waals surface area contributed by atoms with E-state index in [4.69, 9.17) is 43.7 Å². The summed E-state index contributed by atoms with van der Waals surface area (Å²) < 4.78 is 12.6. The number of benzene rings is 2. The molecule has 1 N–H and O–H groups in total. The molecule has 3 aromatic heterocycles. The average molecular weight is 614 g/mol. The molecule has 1 saturated heterocycles. The average Bonchev–Trinajstić information content (AvgIpc) is 3.77. The molecule has 1 atom stereocenters. The third kappa shape index (κ3) is 5.73. The fourth-order valence-electron chi connectivity index (χ4n) is 4.96. The molecule has 1 aliphatic heterocycles. The quantitative estimate of drug-likeness (QED) is 0.233. The maximum atomic E-state index is 13.2. The predicted molar refractivity (Wildman–Crippen MR) is 152 cm³/mol. The van der Waals surface area contributed by atoms with Gasteiger partial charge in [-0.1, -0.05) is 69.4 Å². The summed E-state index contributed by atoms with van der Waals surface area (Å²) in [4.78, 5) is 18.9. The lowest BCUT2D eigenvalue weighted by Crippen LogP contribution is -2.29. The van der Waals surface area contributed by atoms with Crippen molar-refractivity contribution >= 4 is 40.7 Å². The van der Waals surface area contributed by atoms with E-state index in [2.05, 4.69) is 20.5 Å². The summed E-state index contributed by atoms with van der Waals surface area (Å²) >= 11 is 18.8. The van der Waals surface area contributed by atoms with Crippen molar-refractivity contribution in [3.8, 4) is 22.6 Å². The Balaban J connectivity index is 1.06. The highest BCUT2D eigenvalue weighted by atomic mass is 35.5. The molecule has 6 rings (SSSR count). The molecule has 210 valence electrons. The molecule has 2 aromatic carbocycles. The van der Waals surface area contributed by atoms with Crippen molar-refractivity contribution in [3.05, 3.63) is 92.8 Å². The Bertz CT molecular complexity index is 1700. The Hall–Kier alpha value is -3.70. The molecule has 4 heterocycles. The molecule has 0 spiro atoms. The van der Waals surface area contributed by atoms with E-state index in [1.807, 2.05) is 30.5 Å². The molecule has 41 heavy (non-hydrogen) atoms. The number of carbonyl (C=O) groups is 1. The lowest BCUT2D eigenvalue weighted by Gasteiger charge is -2.14. The first-order valence-electron chi connectivity index (χ1n) is 12.8. The lowest BCUT2D eigenvalue weighted by atomic mass is 10.0. The van der Waals surface area contributed by atoms with E-state index in [1.54, 1.807) is 27.8 Å². The normalized spacial score (nSPS) is 15.1. The molecule has 1 unspecified atom stereocenters. The van der Waals surface area contributed by atoms with E-state index in [0.717, 1.165) is 23.2 Å². The van der Waals surface area contributed by atoms with Crippen molar-refractivity contribution in [3.63, 3.8) is 0 Å². The summed E-state index contributed by atoms with van der Waals surface area (Å²) in [6.45, 7) is 1.49. The number of aromatic nitrogens is 5. The second-order valence-electron chi connectivity index (χ2n) is 9.80. The highest BCUT2D eigenvalue weighted by Crippen LogP contribution is 2.37. The number of hydrogen-bond donors (Lipinski definition) is 1. The SMILES string of the molecule is O=C(c1noc(-c2ccc(Cl)cc2Cl)c1Cl)N1CCC(Cc2cn(Cc3ccc(-c4ocnc4CO)cc3)nn2)C1. The topological polar surface area (TPSA) is 123 Å². The summed E-state index contributed by atoms with van der Waals surface area (Å²) in [6.07, 6.45) is 4.76. The zero-order valence-corrected chi connectivity index (χ0v) is 23.8. The minimum Gasteiger partial charge on any atom is -0.443 e. The number of hydrogen-bond acceptors (Lipinski definition) is 8. The zero-order chi connectivity index (χ0) is 28.5. The van der Waals surface area contributed by atoms with Gasteiger partial charge in [-0.25, -0.2) is 9.67 Å². The second-order valence-corrected chi connectivity index (χ2v) is 11.0. The van der Waals surface area contributed by atoms with Crippen LogP contribution in [-0.4, -0.2) is 54.1 Å². The standard InChI is InChI=1S/C28H23Cl3N6O4/c29-19-5-6-21(22(30)10-19)27-24(31)25(34-41-27)28(39)36-8-7-17(11-36)9-20-13-37(35-33-20)12-16-1-3-18(4-2-16)26-23(14-38)32-15-40-26/h1-6,10,13,15,17,38H,7-9,11-12,14H2. The molecule has 0 aliphatic carbocycles. The predicted octanol–water partition coefficient (Wildman–Crippen LogP) is 5.79. The van der Waals surface area contributed by atoms with Crippen molar-refractivity contribution < 1.29 is 18.8 Å². The van der Waals surface area contributed by atoms with Crippen LogP contribution in [0.5, 0.6) is 0 Å². The molecular weight excluding hydrogens is 591 g/mol. The fraction of sp³-hybridized carbons (Fsp3) is 0.250. The third-order valence-electron chi connectivity index (χ3n) is 7.02. The number of aliphatic hydroxyl groups is 1. The van der Waals surface area contributed by atoms with Gasteiger partial charge in [0.25, 0.3) is 5.91 Å². The molecule has 13 heteroatoms. The minimum atomic E-state index is -0.291. The van der Waals surface area contributed by atoms with Gasteiger partial charge in [-0.2, -0.15) is 0 Å². The van der Waals surface area contributed by atoms with E-state index >= 15 is 0 Å². The van der Waals surface area contributed by atoms with Gasteiger partial charge in [0.15, 0.2) is 23.6 Å².